The lowest BCUT2D eigenvalue weighted by molar-refractivity contribution is -0.384. The topological polar surface area (TPSA) is 98.3 Å². The Hall–Kier alpha value is -3.22. The molecule has 1 heterocycles. The smallest absolute Gasteiger partial charge is 0.336 e. The average Bonchev–Trinajstić information content (AvgIpc) is 2.95. The van der Waals surface area contributed by atoms with Crippen LogP contribution in [0.15, 0.2) is 48.8 Å². The van der Waals surface area contributed by atoms with Crippen molar-refractivity contribution >= 4 is 22.4 Å². The normalized spacial score (nSPS) is 10.7. The van der Waals surface area contributed by atoms with Crippen LogP contribution < -0.4 is 0 Å². The number of aromatic carboxylic acids is 1. The van der Waals surface area contributed by atoms with Crippen LogP contribution in [0.3, 0.4) is 0 Å². The number of nitro groups is 1. The number of carboxylic acid groups (broad SMARTS) is 1. The zero-order chi connectivity index (χ0) is 15.0. The first kappa shape index (κ1) is 12.8. The van der Waals surface area contributed by atoms with Crippen LogP contribution in [0.4, 0.5) is 5.69 Å². The highest BCUT2D eigenvalue weighted by Crippen LogP contribution is 2.26. The van der Waals surface area contributed by atoms with Crippen molar-refractivity contribution in [1.29, 1.82) is 0 Å². The van der Waals surface area contributed by atoms with E-state index >= 15 is 0 Å². The second-order valence-corrected chi connectivity index (χ2v) is 4.38. The van der Waals surface area contributed by atoms with E-state index in [0.717, 1.165) is 6.20 Å². The maximum absolute atomic E-state index is 11.2. The molecule has 0 unspecified atom stereocenters. The number of fused-ring (bicyclic) bond motifs is 1. The Bertz CT molecular complexity index is 870. The third-order valence-corrected chi connectivity index (χ3v) is 3.16. The fourth-order valence-corrected chi connectivity index (χ4v) is 2.21. The largest absolute Gasteiger partial charge is 0.478 e. The first-order valence-corrected chi connectivity index (χ1v) is 6.02. The summed E-state index contributed by atoms with van der Waals surface area (Å²) in [5, 5.41) is 25.1. The minimum atomic E-state index is -1.02. The van der Waals surface area contributed by atoms with Crippen molar-refractivity contribution in [3.05, 3.63) is 64.5 Å². The summed E-state index contributed by atoms with van der Waals surface area (Å²) in [4.78, 5) is 21.4. The van der Waals surface area contributed by atoms with Gasteiger partial charge in [0.2, 0.25) is 0 Å². The van der Waals surface area contributed by atoms with Gasteiger partial charge in [0.1, 0.15) is 12.4 Å². The van der Waals surface area contributed by atoms with E-state index in [1.165, 1.54) is 16.9 Å². The maximum atomic E-state index is 11.2. The highest BCUT2D eigenvalue weighted by molar-refractivity contribution is 6.06. The molecule has 0 amide bonds. The zero-order valence-electron chi connectivity index (χ0n) is 10.6. The number of benzene rings is 2. The van der Waals surface area contributed by atoms with Crippen LogP contribution in [0.2, 0.25) is 0 Å². The van der Waals surface area contributed by atoms with Gasteiger partial charge in [0.05, 0.1) is 16.2 Å². The van der Waals surface area contributed by atoms with Crippen molar-refractivity contribution in [3.63, 3.8) is 0 Å². The molecule has 0 saturated carbocycles. The van der Waals surface area contributed by atoms with Gasteiger partial charge in [0.15, 0.2) is 0 Å². The van der Waals surface area contributed by atoms with Gasteiger partial charge in [-0.05, 0) is 17.5 Å². The summed E-state index contributed by atoms with van der Waals surface area (Å²) in [6, 6.07) is 10.0. The van der Waals surface area contributed by atoms with Crippen molar-refractivity contribution in [2.45, 2.75) is 0 Å². The van der Waals surface area contributed by atoms with Gasteiger partial charge in [-0.1, -0.05) is 24.3 Å². The molecule has 0 atom stereocenters. The predicted molar refractivity (Wildman–Crippen MR) is 74.7 cm³/mol. The molecule has 1 aromatic heterocycles. The Kier molecular flexibility index (Phi) is 2.87. The van der Waals surface area contributed by atoms with Crippen molar-refractivity contribution in [1.82, 2.24) is 9.78 Å². The highest BCUT2D eigenvalue weighted by Gasteiger charge is 2.15. The lowest BCUT2D eigenvalue weighted by atomic mass is 10.0. The summed E-state index contributed by atoms with van der Waals surface area (Å²) in [6.07, 6.45) is 2.45. The van der Waals surface area contributed by atoms with Gasteiger partial charge < -0.3 is 5.11 Å². The van der Waals surface area contributed by atoms with Gasteiger partial charge in [-0.25, -0.2) is 9.48 Å². The first-order chi connectivity index (χ1) is 10.1. The summed E-state index contributed by atoms with van der Waals surface area (Å²) >= 11 is 0. The molecule has 0 aliphatic heterocycles. The fourth-order valence-electron chi connectivity index (χ4n) is 2.21. The molecule has 104 valence electrons. The molecule has 0 bridgehead atoms. The van der Waals surface area contributed by atoms with E-state index in [9.17, 15) is 20.0 Å². The Morgan fingerprint density at radius 1 is 1.19 bits per heavy atom. The van der Waals surface area contributed by atoms with Crippen molar-refractivity contribution in [3.8, 4) is 5.69 Å². The molecular weight excluding hydrogens is 274 g/mol. The van der Waals surface area contributed by atoms with E-state index in [0.29, 0.717) is 16.5 Å². The Balaban J connectivity index is 2.26. The van der Waals surface area contributed by atoms with Crippen molar-refractivity contribution < 1.29 is 14.8 Å². The highest BCUT2D eigenvalue weighted by atomic mass is 16.6. The molecule has 0 saturated heterocycles. The molecule has 2 aromatic carbocycles. The van der Waals surface area contributed by atoms with Crippen LogP contribution in [-0.4, -0.2) is 25.8 Å². The van der Waals surface area contributed by atoms with E-state index < -0.39 is 10.9 Å². The number of nitrogens with zero attached hydrogens (tertiary/aromatic N) is 3. The summed E-state index contributed by atoms with van der Waals surface area (Å²) < 4.78 is 1.37. The maximum Gasteiger partial charge on any atom is 0.336 e. The minimum absolute atomic E-state index is 0.124. The van der Waals surface area contributed by atoms with E-state index in [2.05, 4.69) is 5.10 Å². The lowest BCUT2D eigenvalue weighted by Gasteiger charge is -2.08. The molecule has 3 rings (SSSR count). The van der Waals surface area contributed by atoms with Gasteiger partial charge >= 0.3 is 11.7 Å². The molecule has 7 heteroatoms. The molecule has 0 fully saturated rings. The number of carboxylic acids is 1. The van der Waals surface area contributed by atoms with Crippen LogP contribution in [0.25, 0.3) is 16.5 Å². The van der Waals surface area contributed by atoms with Crippen LogP contribution >= 0.6 is 0 Å². The zero-order valence-corrected chi connectivity index (χ0v) is 10.6. The third kappa shape index (κ3) is 2.10. The average molecular weight is 283 g/mol. The van der Waals surface area contributed by atoms with Crippen LogP contribution in [0.1, 0.15) is 10.4 Å². The van der Waals surface area contributed by atoms with Gasteiger partial charge in [0.25, 0.3) is 0 Å². The monoisotopic (exact) mass is 283 g/mol. The van der Waals surface area contributed by atoms with E-state index in [-0.39, 0.29) is 11.3 Å². The number of aromatic nitrogens is 2. The minimum Gasteiger partial charge on any atom is -0.478 e. The molecule has 7 nitrogen and oxygen atoms in total. The van der Waals surface area contributed by atoms with E-state index in [1.807, 2.05) is 0 Å². The molecular formula is C14H9N3O4. The third-order valence-electron chi connectivity index (χ3n) is 3.16. The van der Waals surface area contributed by atoms with Crippen LogP contribution in [0, 0.1) is 10.1 Å². The first-order valence-electron chi connectivity index (χ1n) is 6.02. The van der Waals surface area contributed by atoms with E-state index in [1.54, 1.807) is 30.3 Å². The fraction of sp³-hybridized carbons (Fsp3) is 0. The summed E-state index contributed by atoms with van der Waals surface area (Å²) in [6.45, 7) is 0. The van der Waals surface area contributed by atoms with Crippen LogP contribution in [0.5, 0.6) is 0 Å². The number of carbonyl (C=O) groups is 1. The molecule has 0 aliphatic carbocycles. The van der Waals surface area contributed by atoms with Gasteiger partial charge in [-0.3, -0.25) is 10.1 Å². The molecule has 3 aromatic rings. The standard InChI is InChI=1S/C14H9N3O4/c18-14(19)12-5-6-13(11-4-2-1-3-10(11)12)16-8-9(7-15-16)17(20)21/h1-8H,(H,18,19). The predicted octanol–water partition coefficient (Wildman–Crippen LogP) is 2.63. The quantitative estimate of drug-likeness (QED) is 0.588. The molecule has 1 N–H and O–H groups in total. The SMILES string of the molecule is O=C(O)c1ccc(-n2cc([N+](=O)[O-])cn2)c2ccccc12. The lowest BCUT2D eigenvalue weighted by Crippen LogP contribution is -2.01. The Labute approximate surface area is 118 Å². The molecule has 0 aliphatic rings. The van der Waals surface area contributed by atoms with Crippen molar-refractivity contribution in [2.75, 3.05) is 0 Å². The molecule has 21 heavy (non-hydrogen) atoms. The summed E-state index contributed by atoms with van der Waals surface area (Å²) in [5.74, 6) is -1.02. The van der Waals surface area contributed by atoms with E-state index in [4.69, 9.17) is 0 Å². The van der Waals surface area contributed by atoms with Gasteiger partial charge in [-0.2, -0.15) is 5.10 Å². The van der Waals surface area contributed by atoms with Gasteiger partial charge in [-0.15, -0.1) is 0 Å². The number of hydrogen-bond donors (Lipinski definition) is 1. The Morgan fingerprint density at radius 2 is 1.90 bits per heavy atom. The second-order valence-electron chi connectivity index (χ2n) is 4.38. The molecule has 0 spiro atoms. The summed E-state index contributed by atoms with van der Waals surface area (Å²) in [5.41, 5.74) is 0.640. The Morgan fingerprint density at radius 3 is 2.52 bits per heavy atom. The molecule has 0 radical (unpaired) electrons. The van der Waals surface area contributed by atoms with Crippen LogP contribution in [-0.2, 0) is 0 Å². The van der Waals surface area contributed by atoms with Crippen molar-refractivity contribution in [2.24, 2.45) is 0 Å². The summed E-state index contributed by atoms with van der Waals surface area (Å²) in [7, 11) is 0. The van der Waals surface area contributed by atoms with Gasteiger partial charge in [0, 0.05) is 5.39 Å². The number of hydrogen-bond acceptors (Lipinski definition) is 4. The second kappa shape index (κ2) is 4.71. The number of rotatable bonds is 3.